The van der Waals surface area contributed by atoms with E-state index in [1.54, 1.807) is 12.1 Å². The average molecular weight is 344 g/mol. The lowest BCUT2D eigenvalue weighted by Gasteiger charge is -2.34. The summed E-state index contributed by atoms with van der Waals surface area (Å²) in [7, 11) is 0. The highest BCUT2D eigenvalue weighted by atomic mass is 19.1. The van der Waals surface area contributed by atoms with Crippen molar-refractivity contribution in [1.29, 1.82) is 0 Å². The van der Waals surface area contributed by atoms with E-state index in [1.165, 1.54) is 41.3 Å². The fraction of sp³-hybridized carbons (Fsp3) is 0.263. The molecule has 3 rings (SSSR count). The molecule has 1 saturated heterocycles. The summed E-state index contributed by atoms with van der Waals surface area (Å²) in [6.45, 7) is 0.251. The van der Waals surface area contributed by atoms with E-state index in [0.29, 0.717) is 24.9 Å². The van der Waals surface area contributed by atoms with Gasteiger partial charge in [0.05, 0.1) is 0 Å². The van der Waals surface area contributed by atoms with E-state index in [4.69, 9.17) is 0 Å². The van der Waals surface area contributed by atoms with Crippen LogP contribution in [0.3, 0.4) is 0 Å². The first kappa shape index (κ1) is 17.1. The van der Waals surface area contributed by atoms with Gasteiger partial charge in [0.25, 0.3) is 0 Å². The number of nitrogens with zero attached hydrogens (tertiary/aromatic N) is 1. The molecule has 1 unspecified atom stereocenters. The van der Waals surface area contributed by atoms with Crippen molar-refractivity contribution in [3.63, 3.8) is 0 Å². The van der Waals surface area contributed by atoms with Gasteiger partial charge in [-0.05, 0) is 54.8 Å². The Labute approximate surface area is 144 Å². The average Bonchev–Trinajstić information content (AvgIpc) is 2.60. The monoisotopic (exact) mass is 344 g/mol. The number of rotatable bonds is 4. The number of likely N-dealkylation sites (tertiary alicyclic amines) is 1. The maximum absolute atomic E-state index is 13.0. The smallest absolute Gasteiger partial charge is 0.247 e. The van der Waals surface area contributed by atoms with E-state index in [0.717, 1.165) is 5.56 Å². The van der Waals surface area contributed by atoms with Crippen molar-refractivity contribution in [2.24, 2.45) is 0 Å². The Morgan fingerprint density at radius 3 is 2.28 bits per heavy atom. The number of carbonyl (C=O) groups is 2. The Kier molecular flexibility index (Phi) is 5.07. The summed E-state index contributed by atoms with van der Waals surface area (Å²) in [4.78, 5) is 26.4. The van der Waals surface area contributed by atoms with Crippen LogP contribution in [0.4, 0.5) is 14.5 Å². The number of benzene rings is 2. The highest BCUT2D eigenvalue weighted by Crippen LogP contribution is 2.22. The van der Waals surface area contributed by atoms with Crippen LogP contribution in [0.15, 0.2) is 48.5 Å². The highest BCUT2D eigenvalue weighted by molar-refractivity contribution is 5.97. The third-order valence-corrected chi connectivity index (χ3v) is 4.25. The molecule has 1 heterocycles. The Morgan fingerprint density at radius 2 is 1.64 bits per heavy atom. The number of amides is 2. The molecule has 1 aliphatic rings. The van der Waals surface area contributed by atoms with Crippen LogP contribution < -0.4 is 5.32 Å². The third kappa shape index (κ3) is 4.21. The van der Waals surface area contributed by atoms with Gasteiger partial charge in [-0.15, -0.1) is 0 Å². The molecular formula is C19H18F2N2O2. The van der Waals surface area contributed by atoms with Crippen LogP contribution >= 0.6 is 0 Å². The zero-order valence-electron chi connectivity index (χ0n) is 13.5. The van der Waals surface area contributed by atoms with E-state index in [2.05, 4.69) is 5.32 Å². The van der Waals surface area contributed by atoms with Crippen LogP contribution in [-0.2, 0) is 16.1 Å². The first-order valence-electron chi connectivity index (χ1n) is 8.13. The Balaban J connectivity index is 1.74. The predicted molar refractivity (Wildman–Crippen MR) is 89.6 cm³/mol. The number of carbonyl (C=O) groups excluding carboxylic acids is 2. The van der Waals surface area contributed by atoms with Gasteiger partial charge in [0.2, 0.25) is 11.8 Å². The second-order valence-corrected chi connectivity index (χ2v) is 6.05. The van der Waals surface area contributed by atoms with Gasteiger partial charge >= 0.3 is 0 Å². The second-order valence-electron chi connectivity index (χ2n) is 6.05. The summed E-state index contributed by atoms with van der Waals surface area (Å²) >= 11 is 0. The normalized spacial score (nSPS) is 17.4. The van der Waals surface area contributed by atoms with E-state index in [-0.39, 0.29) is 30.0 Å². The van der Waals surface area contributed by atoms with E-state index in [1.807, 2.05) is 0 Å². The fourth-order valence-corrected chi connectivity index (χ4v) is 2.94. The number of hydrogen-bond donors (Lipinski definition) is 1. The minimum Gasteiger partial charge on any atom is -0.326 e. The minimum absolute atomic E-state index is 0.102. The molecule has 1 aliphatic heterocycles. The molecule has 0 aliphatic carbocycles. The van der Waals surface area contributed by atoms with Crippen LogP contribution in [0, 0.1) is 11.6 Å². The first-order valence-corrected chi connectivity index (χ1v) is 8.13. The molecule has 0 spiro atoms. The number of piperidine rings is 1. The number of nitrogens with one attached hydrogen (secondary N) is 1. The quantitative estimate of drug-likeness (QED) is 0.923. The van der Waals surface area contributed by atoms with Gasteiger partial charge in [-0.25, -0.2) is 8.78 Å². The predicted octanol–water partition coefficient (Wildman–Crippen LogP) is 3.48. The summed E-state index contributed by atoms with van der Waals surface area (Å²) in [6, 6.07) is 10.7. The molecule has 25 heavy (non-hydrogen) atoms. The van der Waals surface area contributed by atoms with Crippen molar-refractivity contribution in [1.82, 2.24) is 4.90 Å². The van der Waals surface area contributed by atoms with Crippen LogP contribution in [0.5, 0.6) is 0 Å². The SMILES string of the molecule is O=C(Nc1ccc(F)cc1)C1CCCC(=O)N1Cc1ccc(F)cc1. The van der Waals surface area contributed by atoms with E-state index in [9.17, 15) is 18.4 Å². The first-order chi connectivity index (χ1) is 12.0. The van der Waals surface area contributed by atoms with Gasteiger partial charge in [-0.1, -0.05) is 12.1 Å². The lowest BCUT2D eigenvalue weighted by molar-refractivity contribution is -0.142. The minimum atomic E-state index is -0.601. The van der Waals surface area contributed by atoms with Gasteiger partial charge in [0.1, 0.15) is 17.7 Å². The standard InChI is InChI=1S/C19H18F2N2O2/c20-14-6-4-13(5-7-14)12-23-17(2-1-3-18(23)24)19(25)22-16-10-8-15(21)9-11-16/h4-11,17H,1-3,12H2,(H,22,25). The topological polar surface area (TPSA) is 49.4 Å². The highest BCUT2D eigenvalue weighted by Gasteiger charge is 2.33. The molecule has 1 fully saturated rings. The third-order valence-electron chi connectivity index (χ3n) is 4.25. The maximum atomic E-state index is 13.0. The molecule has 130 valence electrons. The molecule has 0 aromatic heterocycles. The van der Waals surface area contributed by atoms with Gasteiger partial charge < -0.3 is 10.2 Å². The summed E-state index contributed by atoms with van der Waals surface area (Å²) in [5.41, 5.74) is 1.24. The largest absolute Gasteiger partial charge is 0.326 e. The fourth-order valence-electron chi connectivity index (χ4n) is 2.94. The van der Waals surface area contributed by atoms with Crippen molar-refractivity contribution >= 4 is 17.5 Å². The molecule has 1 atom stereocenters. The van der Waals surface area contributed by atoms with Crippen LogP contribution in [0.25, 0.3) is 0 Å². The van der Waals surface area contributed by atoms with Gasteiger partial charge in [0.15, 0.2) is 0 Å². The van der Waals surface area contributed by atoms with Crippen LogP contribution in [0.2, 0.25) is 0 Å². The van der Waals surface area contributed by atoms with E-state index >= 15 is 0 Å². The Hall–Kier alpha value is -2.76. The number of anilines is 1. The Morgan fingerprint density at radius 1 is 1.04 bits per heavy atom. The molecule has 2 amide bonds. The molecule has 1 N–H and O–H groups in total. The molecule has 0 bridgehead atoms. The maximum Gasteiger partial charge on any atom is 0.247 e. The molecular weight excluding hydrogens is 326 g/mol. The summed E-state index contributed by atoms with van der Waals surface area (Å²) < 4.78 is 26.0. The molecule has 2 aromatic rings. The van der Waals surface area contributed by atoms with Crippen molar-refractivity contribution in [3.8, 4) is 0 Å². The summed E-state index contributed by atoms with van der Waals surface area (Å²) in [5, 5.41) is 2.72. The van der Waals surface area contributed by atoms with Crippen LogP contribution in [0.1, 0.15) is 24.8 Å². The zero-order valence-corrected chi connectivity index (χ0v) is 13.5. The molecule has 0 radical (unpaired) electrons. The zero-order chi connectivity index (χ0) is 17.8. The Bertz CT molecular complexity index is 760. The van der Waals surface area contributed by atoms with Gasteiger partial charge in [-0.2, -0.15) is 0 Å². The second kappa shape index (κ2) is 7.42. The lowest BCUT2D eigenvalue weighted by Crippen LogP contribution is -2.49. The van der Waals surface area contributed by atoms with E-state index < -0.39 is 6.04 Å². The van der Waals surface area contributed by atoms with Crippen molar-refractivity contribution in [2.45, 2.75) is 31.8 Å². The summed E-state index contributed by atoms with van der Waals surface area (Å²) in [5.74, 6) is -1.14. The molecule has 6 heteroatoms. The van der Waals surface area contributed by atoms with Crippen LogP contribution in [-0.4, -0.2) is 22.8 Å². The number of halogens is 2. The molecule has 0 saturated carbocycles. The van der Waals surface area contributed by atoms with Gasteiger partial charge in [-0.3, -0.25) is 9.59 Å². The van der Waals surface area contributed by atoms with Crippen molar-refractivity contribution in [2.75, 3.05) is 5.32 Å². The molecule has 4 nitrogen and oxygen atoms in total. The van der Waals surface area contributed by atoms with Crippen molar-refractivity contribution in [3.05, 3.63) is 65.7 Å². The summed E-state index contributed by atoms with van der Waals surface area (Å²) in [6.07, 6.45) is 1.59. The van der Waals surface area contributed by atoms with Gasteiger partial charge in [0, 0.05) is 18.7 Å². The lowest BCUT2D eigenvalue weighted by atomic mass is 9.99. The van der Waals surface area contributed by atoms with Crippen molar-refractivity contribution < 1.29 is 18.4 Å². The number of hydrogen-bond acceptors (Lipinski definition) is 2. The molecule has 2 aromatic carbocycles.